The molecule has 8 nitrogen and oxygen atoms in total. The van der Waals surface area contributed by atoms with Crippen LogP contribution in [0.15, 0.2) is 73.1 Å². The van der Waals surface area contributed by atoms with E-state index < -0.39 is 32.9 Å². The van der Waals surface area contributed by atoms with Gasteiger partial charge in [-0.15, -0.1) is 0 Å². The second-order valence-corrected chi connectivity index (χ2v) is 11.9. The molecule has 1 atom stereocenters. The summed E-state index contributed by atoms with van der Waals surface area (Å²) in [7, 11) is -1.63. The first-order valence-electron chi connectivity index (χ1n) is 12.1. The van der Waals surface area contributed by atoms with Gasteiger partial charge in [-0.25, -0.2) is 13.4 Å². The van der Waals surface area contributed by atoms with E-state index in [-0.39, 0.29) is 17.9 Å². The SMILES string of the molecule is Cn1ncc2c(-c3ccc(C4(C(N)=O)C=CC=C(c5cc(C(F)(F)F)ccn5)C4)cc3)cc(CS(C)(=O)=O)nc21. The molecule has 2 N–H and O–H groups in total. The Morgan fingerprint density at radius 2 is 1.88 bits per heavy atom. The molecule has 0 radical (unpaired) electrons. The lowest BCUT2D eigenvalue weighted by molar-refractivity contribution is -0.137. The molecular formula is C28H24F3N5O3S. The van der Waals surface area contributed by atoms with Gasteiger partial charge in [0.05, 0.1) is 34.3 Å². The normalized spacial score (nSPS) is 17.7. The second-order valence-electron chi connectivity index (χ2n) is 9.80. The zero-order valence-electron chi connectivity index (χ0n) is 21.5. The van der Waals surface area contributed by atoms with Crippen LogP contribution in [0.1, 0.15) is 28.9 Å². The number of aryl methyl sites for hydroxylation is 1. The van der Waals surface area contributed by atoms with E-state index >= 15 is 0 Å². The number of carbonyl (C=O) groups is 1. The van der Waals surface area contributed by atoms with Crippen molar-refractivity contribution < 1.29 is 26.4 Å². The van der Waals surface area contributed by atoms with E-state index in [0.717, 1.165) is 35.5 Å². The molecule has 1 aliphatic rings. The third-order valence-corrected chi connectivity index (χ3v) is 7.70. The predicted molar refractivity (Wildman–Crippen MR) is 144 cm³/mol. The van der Waals surface area contributed by atoms with Crippen molar-refractivity contribution in [2.24, 2.45) is 12.8 Å². The number of primary amides is 1. The summed E-state index contributed by atoms with van der Waals surface area (Å²) in [6, 6.07) is 10.6. The highest BCUT2D eigenvalue weighted by Crippen LogP contribution is 2.41. The lowest BCUT2D eigenvalue weighted by Crippen LogP contribution is -2.40. The molecule has 1 aromatic carbocycles. The van der Waals surface area contributed by atoms with Crippen LogP contribution in [0.3, 0.4) is 0 Å². The molecule has 12 heteroatoms. The Morgan fingerprint density at radius 1 is 1.15 bits per heavy atom. The molecule has 0 bridgehead atoms. The van der Waals surface area contributed by atoms with Gasteiger partial charge in [0.1, 0.15) is 0 Å². The minimum absolute atomic E-state index is 0.0209. The first-order valence-corrected chi connectivity index (χ1v) is 14.1. The molecule has 1 aliphatic carbocycles. The lowest BCUT2D eigenvalue weighted by Gasteiger charge is -2.31. The number of nitrogens with two attached hydrogens (primary N) is 1. The van der Waals surface area contributed by atoms with Crippen molar-refractivity contribution in [1.29, 1.82) is 0 Å². The number of halogens is 3. The van der Waals surface area contributed by atoms with Gasteiger partial charge < -0.3 is 5.73 Å². The number of amides is 1. The van der Waals surface area contributed by atoms with Crippen LogP contribution in [-0.2, 0) is 39.0 Å². The maximum atomic E-state index is 13.3. The van der Waals surface area contributed by atoms with Crippen LogP contribution in [0.2, 0.25) is 0 Å². The molecule has 0 saturated carbocycles. The third-order valence-electron chi connectivity index (χ3n) is 6.88. The van der Waals surface area contributed by atoms with E-state index in [2.05, 4.69) is 15.1 Å². The number of rotatable bonds is 6. The fraction of sp³-hybridized carbons (Fsp3) is 0.214. The third kappa shape index (κ3) is 5.14. The highest BCUT2D eigenvalue weighted by atomic mass is 32.2. The van der Waals surface area contributed by atoms with Gasteiger partial charge in [0.2, 0.25) is 5.91 Å². The van der Waals surface area contributed by atoms with E-state index in [1.54, 1.807) is 66.5 Å². The van der Waals surface area contributed by atoms with Gasteiger partial charge >= 0.3 is 6.18 Å². The van der Waals surface area contributed by atoms with Crippen molar-refractivity contribution in [3.05, 3.63) is 95.6 Å². The van der Waals surface area contributed by atoms with Crippen molar-refractivity contribution in [2.45, 2.75) is 23.8 Å². The standard InChI is InChI=1S/C28H24F3N5O3S/c1-36-25-23(15-34-36)22(13-21(35-25)16-40(2,38)39)17-5-7-19(8-6-17)27(26(32)37)10-3-4-18(14-27)24-12-20(9-11-33-24)28(29,30)31/h3-13,15H,14,16H2,1-2H3,(H2,32,37). The molecule has 0 spiro atoms. The largest absolute Gasteiger partial charge is 0.416 e. The van der Waals surface area contributed by atoms with Gasteiger partial charge in [0.25, 0.3) is 0 Å². The second kappa shape index (κ2) is 9.70. The van der Waals surface area contributed by atoms with Crippen LogP contribution >= 0.6 is 0 Å². The first-order chi connectivity index (χ1) is 18.8. The zero-order valence-corrected chi connectivity index (χ0v) is 22.3. The Kier molecular flexibility index (Phi) is 6.61. The Hall–Kier alpha value is -4.32. The Bertz CT molecular complexity index is 1810. The molecule has 206 valence electrons. The number of hydrogen-bond acceptors (Lipinski definition) is 6. The number of fused-ring (bicyclic) bond motifs is 1. The van der Waals surface area contributed by atoms with Crippen LogP contribution in [0.4, 0.5) is 13.2 Å². The quantitative estimate of drug-likeness (QED) is 0.370. The Balaban J connectivity index is 1.53. The molecular weight excluding hydrogens is 543 g/mol. The number of alkyl halides is 3. The average Bonchev–Trinajstić information content (AvgIpc) is 3.27. The Labute approximate surface area is 228 Å². The van der Waals surface area contributed by atoms with Gasteiger partial charge in [0.15, 0.2) is 15.5 Å². The predicted octanol–water partition coefficient (Wildman–Crippen LogP) is 4.36. The summed E-state index contributed by atoms with van der Waals surface area (Å²) >= 11 is 0. The molecule has 5 rings (SSSR count). The van der Waals surface area contributed by atoms with Crippen molar-refractivity contribution >= 4 is 32.4 Å². The van der Waals surface area contributed by atoms with Gasteiger partial charge in [0, 0.05) is 24.9 Å². The van der Waals surface area contributed by atoms with E-state index in [1.165, 1.54) is 0 Å². The smallest absolute Gasteiger partial charge is 0.369 e. The first kappa shape index (κ1) is 27.3. The summed E-state index contributed by atoms with van der Waals surface area (Å²) in [5.41, 5.74) is 7.15. The van der Waals surface area contributed by atoms with Crippen LogP contribution in [0, 0.1) is 0 Å². The molecule has 4 aromatic rings. The van der Waals surface area contributed by atoms with Crippen LogP contribution in [0.25, 0.3) is 27.7 Å². The average molecular weight is 568 g/mol. The van der Waals surface area contributed by atoms with Gasteiger partial charge in [-0.3, -0.25) is 14.5 Å². The van der Waals surface area contributed by atoms with Gasteiger partial charge in [-0.1, -0.05) is 42.5 Å². The minimum atomic E-state index is -4.53. The zero-order chi connectivity index (χ0) is 28.9. The van der Waals surface area contributed by atoms with E-state index in [4.69, 9.17) is 5.73 Å². The number of pyridine rings is 2. The summed E-state index contributed by atoms with van der Waals surface area (Å²) in [5.74, 6) is -0.906. The number of hydrogen-bond donors (Lipinski definition) is 1. The molecule has 1 amide bonds. The molecule has 0 fully saturated rings. The van der Waals surface area contributed by atoms with E-state index in [1.807, 2.05) is 0 Å². The number of benzene rings is 1. The van der Waals surface area contributed by atoms with Gasteiger partial charge in [-0.05, 0) is 46.9 Å². The van der Waals surface area contributed by atoms with E-state index in [0.29, 0.717) is 28.0 Å². The fourth-order valence-corrected chi connectivity index (χ4v) is 5.60. The summed E-state index contributed by atoms with van der Waals surface area (Å²) < 4.78 is 65.3. The molecule has 0 saturated heterocycles. The van der Waals surface area contributed by atoms with Crippen LogP contribution < -0.4 is 5.73 Å². The lowest BCUT2D eigenvalue weighted by atomic mass is 9.71. The number of carbonyl (C=O) groups excluding carboxylic acids is 1. The molecule has 40 heavy (non-hydrogen) atoms. The van der Waals surface area contributed by atoms with Crippen LogP contribution in [-0.4, -0.2) is 40.3 Å². The highest BCUT2D eigenvalue weighted by Gasteiger charge is 2.39. The van der Waals surface area contributed by atoms with E-state index in [9.17, 15) is 26.4 Å². The number of nitrogens with zero attached hydrogens (tertiary/aromatic N) is 4. The molecule has 0 aliphatic heterocycles. The van der Waals surface area contributed by atoms with Crippen molar-refractivity contribution in [1.82, 2.24) is 19.7 Å². The number of sulfone groups is 1. The highest BCUT2D eigenvalue weighted by molar-refractivity contribution is 7.89. The molecule has 1 unspecified atom stereocenters. The molecule has 3 aromatic heterocycles. The maximum absolute atomic E-state index is 13.3. The minimum Gasteiger partial charge on any atom is -0.369 e. The van der Waals surface area contributed by atoms with Crippen LogP contribution in [0.5, 0.6) is 0 Å². The number of allylic oxidation sites excluding steroid dienone is 3. The van der Waals surface area contributed by atoms with Crippen molar-refractivity contribution in [3.63, 3.8) is 0 Å². The van der Waals surface area contributed by atoms with Gasteiger partial charge in [-0.2, -0.15) is 18.3 Å². The summed E-state index contributed by atoms with van der Waals surface area (Å²) in [4.78, 5) is 21.4. The summed E-state index contributed by atoms with van der Waals surface area (Å²) in [5, 5.41) is 4.97. The topological polar surface area (TPSA) is 121 Å². The summed E-state index contributed by atoms with van der Waals surface area (Å²) in [6.45, 7) is 0. The maximum Gasteiger partial charge on any atom is 0.416 e. The Morgan fingerprint density at radius 3 is 2.52 bits per heavy atom. The molecule has 3 heterocycles. The fourth-order valence-electron chi connectivity index (χ4n) is 4.91. The van der Waals surface area contributed by atoms with Crippen molar-refractivity contribution in [3.8, 4) is 11.1 Å². The summed E-state index contributed by atoms with van der Waals surface area (Å²) in [6.07, 6.45) is 4.21. The van der Waals surface area contributed by atoms with Crippen molar-refractivity contribution in [2.75, 3.05) is 6.26 Å². The monoisotopic (exact) mass is 567 g/mol. The number of aromatic nitrogens is 4.